The van der Waals surface area contributed by atoms with Crippen molar-refractivity contribution in [2.75, 3.05) is 25.2 Å². The fourth-order valence-electron chi connectivity index (χ4n) is 1.45. The number of thiophene rings is 1. The van der Waals surface area contributed by atoms with Crippen molar-refractivity contribution in [2.45, 2.75) is 11.8 Å². The zero-order valence-electron chi connectivity index (χ0n) is 11.1. The van der Waals surface area contributed by atoms with Crippen molar-refractivity contribution in [2.24, 2.45) is 0 Å². The molecule has 0 saturated carbocycles. The average Bonchev–Trinajstić information content (AvgIpc) is 2.80. The van der Waals surface area contributed by atoms with Crippen LogP contribution in [0.1, 0.15) is 15.2 Å². The molecular weight excluding hydrogens is 318 g/mol. The van der Waals surface area contributed by atoms with Crippen molar-refractivity contribution in [1.29, 1.82) is 0 Å². The zero-order chi connectivity index (χ0) is 15.2. The fraction of sp³-hybridized carbons (Fsp3) is 0.417. The van der Waals surface area contributed by atoms with Crippen LogP contribution in [0.3, 0.4) is 0 Å². The summed E-state index contributed by atoms with van der Waals surface area (Å²) in [6.45, 7) is 1.90. The minimum Gasteiger partial charge on any atom is -0.465 e. The number of ether oxygens (including phenoxy) is 1. The van der Waals surface area contributed by atoms with Crippen LogP contribution in [0.25, 0.3) is 0 Å². The number of rotatable bonds is 7. The highest BCUT2D eigenvalue weighted by atomic mass is 32.2. The summed E-state index contributed by atoms with van der Waals surface area (Å²) in [5, 5.41) is 1.62. The van der Waals surface area contributed by atoms with Crippen LogP contribution < -0.4 is 4.72 Å². The third-order valence-corrected chi connectivity index (χ3v) is 6.00. The van der Waals surface area contributed by atoms with Gasteiger partial charge in [0.2, 0.25) is 10.0 Å². The minimum atomic E-state index is -3.73. The molecule has 0 saturated heterocycles. The van der Waals surface area contributed by atoms with E-state index in [-0.39, 0.29) is 16.3 Å². The van der Waals surface area contributed by atoms with Crippen LogP contribution in [0.2, 0.25) is 0 Å². The molecular formula is C12H15NO4S3. The van der Waals surface area contributed by atoms with E-state index in [9.17, 15) is 13.2 Å². The largest absolute Gasteiger partial charge is 0.465 e. The zero-order valence-corrected chi connectivity index (χ0v) is 13.6. The van der Waals surface area contributed by atoms with Crippen LogP contribution in [0.15, 0.2) is 10.3 Å². The highest BCUT2D eigenvalue weighted by Crippen LogP contribution is 2.27. The molecule has 1 aromatic rings. The summed E-state index contributed by atoms with van der Waals surface area (Å²) in [7, 11) is -2.51. The second-order valence-electron chi connectivity index (χ2n) is 3.72. The predicted molar refractivity (Wildman–Crippen MR) is 81.7 cm³/mol. The lowest BCUT2D eigenvalue weighted by atomic mass is 10.3. The molecule has 0 radical (unpaired) electrons. The lowest BCUT2D eigenvalue weighted by Crippen LogP contribution is -2.27. The summed E-state index contributed by atoms with van der Waals surface area (Å²) in [6.07, 6.45) is 5.10. The molecule has 110 valence electrons. The first-order chi connectivity index (χ1) is 9.44. The number of hydrogen-bond donors (Lipinski definition) is 1. The fourth-order valence-corrected chi connectivity index (χ4v) is 4.82. The maximum Gasteiger partial charge on any atom is 0.349 e. The van der Waals surface area contributed by atoms with E-state index in [1.165, 1.54) is 18.9 Å². The second kappa shape index (κ2) is 7.69. The number of carbonyl (C=O) groups excluding carboxylic acids is 1. The Morgan fingerprint density at radius 2 is 2.30 bits per heavy atom. The molecule has 8 heteroatoms. The number of carbonyl (C=O) groups is 1. The first kappa shape index (κ1) is 17.0. The van der Waals surface area contributed by atoms with Gasteiger partial charge in [-0.15, -0.1) is 29.5 Å². The average molecular weight is 333 g/mol. The van der Waals surface area contributed by atoms with Crippen molar-refractivity contribution >= 4 is 39.1 Å². The Hall–Kier alpha value is -1.01. The van der Waals surface area contributed by atoms with Gasteiger partial charge in [0.15, 0.2) is 0 Å². The normalized spacial score (nSPS) is 11.1. The minimum absolute atomic E-state index is 0.00343. The second-order valence-corrected chi connectivity index (χ2v) is 7.41. The van der Waals surface area contributed by atoms with E-state index in [0.29, 0.717) is 17.1 Å². The van der Waals surface area contributed by atoms with Crippen molar-refractivity contribution < 1.29 is 17.9 Å². The lowest BCUT2D eigenvalue weighted by molar-refractivity contribution is 0.0602. The van der Waals surface area contributed by atoms with Gasteiger partial charge in [-0.25, -0.2) is 17.9 Å². The molecule has 1 heterocycles. The molecule has 0 unspecified atom stereocenters. The summed E-state index contributed by atoms with van der Waals surface area (Å²) >= 11 is 2.52. The van der Waals surface area contributed by atoms with Crippen LogP contribution in [0.5, 0.6) is 0 Å². The van der Waals surface area contributed by atoms with Gasteiger partial charge in [0.25, 0.3) is 0 Å². The molecule has 0 atom stereocenters. The molecule has 1 rings (SSSR count). The van der Waals surface area contributed by atoms with E-state index in [2.05, 4.69) is 15.4 Å². The highest BCUT2D eigenvalue weighted by Gasteiger charge is 2.27. The van der Waals surface area contributed by atoms with E-state index in [1.54, 1.807) is 12.3 Å². The van der Waals surface area contributed by atoms with Gasteiger partial charge in [0, 0.05) is 12.3 Å². The first-order valence-electron chi connectivity index (χ1n) is 5.61. The first-order valence-corrected chi connectivity index (χ1v) is 9.13. The van der Waals surface area contributed by atoms with Crippen molar-refractivity contribution in [3.63, 3.8) is 0 Å². The third kappa shape index (κ3) is 4.24. The molecule has 0 aromatic carbocycles. The van der Waals surface area contributed by atoms with Gasteiger partial charge < -0.3 is 4.74 Å². The van der Waals surface area contributed by atoms with Crippen molar-refractivity contribution in [3.8, 4) is 12.3 Å². The van der Waals surface area contributed by atoms with E-state index in [4.69, 9.17) is 6.42 Å². The van der Waals surface area contributed by atoms with Gasteiger partial charge in [0.1, 0.15) is 9.77 Å². The number of methoxy groups -OCH3 is 1. The smallest absolute Gasteiger partial charge is 0.349 e. The van der Waals surface area contributed by atoms with E-state index in [0.717, 1.165) is 11.3 Å². The molecule has 5 nitrogen and oxygen atoms in total. The summed E-state index contributed by atoms with van der Waals surface area (Å²) in [6, 6.07) is 0. The van der Waals surface area contributed by atoms with Gasteiger partial charge in [-0.2, -0.15) is 0 Å². The summed E-state index contributed by atoms with van der Waals surface area (Å²) in [4.78, 5) is 11.7. The van der Waals surface area contributed by atoms with Crippen molar-refractivity contribution in [3.05, 3.63) is 15.8 Å². The quantitative estimate of drug-likeness (QED) is 0.465. The molecule has 1 aromatic heterocycles. The number of esters is 1. The molecule has 1 N–H and O–H groups in total. The van der Waals surface area contributed by atoms with Gasteiger partial charge in [-0.05, 0) is 17.9 Å². The highest BCUT2D eigenvalue weighted by molar-refractivity contribution is 7.99. The van der Waals surface area contributed by atoms with Crippen LogP contribution in [0.4, 0.5) is 0 Å². The molecule has 0 bridgehead atoms. The lowest BCUT2D eigenvalue weighted by Gasteiger charge is -2.08. The third-order valence-electron chi connectivity index (χ3n) is 2.28. The van der Waals surface area contributed by atoms with Gasteiger partial charge >= 0.3 is 5.97 Å². The number of hydrogen-bond acceptors (Lipinski definition) is 6. The van der Waals surface area contributed by atoms with E-state index >= 15 is 0 Å². The topological polar surface area (TPSA) is 72.5 Å². The van der Waals surface area contributed by atoms with Gasteiger partial charge in [-0.3, -0.25) is 0 Å². The monoisotopic (exact) mass is 333 g/mol. The molecule has 0 aliphatic carbocycles. The molecule has 0 fully saturated rings. The Morgan fingerprint density at radius 1 is 1.60 bits per heavy atom. The van der Waals surface area contributed by atoms with Crippen LogP contribution in [-0.2, 0) is 14.8 Å². The summed E-state index contributed by atoms with van der Waals surface area (Å²) < 4.78 is 31.5. The Bertz CT molecular complexity index is 613. The standard InChI is InChI=1S/C12H15NO4S3/c1-4-6-18-7-5-13-20(15,16)11-9(2)8-19-10(11)12(14)17-3/h1,8,13H,5-7H2,2-3H3. The number of terminal acetylenes is 1. The van der Waals surface area contributed by atoms with Crippen molar-refractivity contribution in [1.82, 2.24) is 4.72 Å². The Kier molecular flexibility index (Phi) is 6.55. The molecule has 0 amide bonds. The Morgan fingerprint density at radius 3 is 2.90 bits per heavy atom. The van der Waals surface area contributed by atoms with Gasteiger partial charge in [-0.1, -0.05) is 5.92 Å². The molecule has 0 aliphatic heterocycles. The molecule has 0 aliphatic rings. The van der Waals surface area contributed by atoms with Crippen LogP contribution >= 0.6 is 23.1 Å². The predicted octanol–water partition coefficient (Wildman–Crippen LogP) is 1.49. The van der Waals surface area contributed by atoms with E-state index in [1.807, 2.05) is 0 Å². The number of nitrogens with one attached hydrogen (secondary N) is 1. The Labute approximate surface area is 127 Å². The van der Waals surface area contributed by atoms with E-state index < -0.39 is 16.0 Å². The number of sulfonamides is 1. The summed E-state index contributed by atoms with van der Waals surface area (Å²) in [5.41, 5.74) is 0.527. The van der Waals surface area contributed by atoms with Crippen LogP contribution in [-0.4, -0.2) is 39.5 Å². The number of thioether (sulfide) groups is 1. The Balaban J connectivity index is 2.85. The summed E-state index contributed by atoms with van der Waals surface area (Å²) in [5.74, 6) is 2.92. The molecule has 20 heavy (non-hydrogen) atoms. The molecule has 0 spiro atoms. The van der Waals surface area contributed by atoms with Gasteiger partial charge in [0.05, 0.1) is 12.9 Å². The maximum absolute atomic E-state index is 12.2. The SMILES string of the molecule is C#CCSCCNS(=O)(=O)c1c(C)csc1C(=O)OC. The maximum atomic E-state index is 12.2. The van der Waals surface area contributed by atoms with Crippen LogP contribution in [0, 0.1) is 19.3 Å². The number of aryl methyl sites for hydroxylation is 1.